The van der Waals surface area contributed by atoms with E-state index in [0.29, 0.717) is 11.5 Å². The minimum absolute atomic E-state index is 0.00256. The molecule has 0 aliphatic heterocycles. The van der Waals surface area contributed by atoms with Gasteiger partial charge in [0.15, 0.2) is 0 Å². The molecule has 25 heavy (non-hydrogen) atoms. The van der Waals surface area contributed by atoms with Gasteiger partial charge in [-0.25, -0.2) is 0 Å². The highest BCUT2D eigenvalue weighted by Crippen LogP contribution is 2.30. The third-order valence-electron chi connectivity index (χ3n) is 3.35. The lowest BCUT2D eigenvalue weighted by Crippen LogP contribution is -2.27. The first-order valence-corrected chi connectivity index (χ1v) is 7.19. The van der Waals surface area contributed by atoms with Crippen molar-refractivity contribution in [2.45, 2.75) is 0 Å². The maximum Gasteiger partial charge on any atom is 0.270 e. The number of nitro groups is 1. The van der Waals surface area contributed by atoms with Gasteiger partial charge in [0, 0.05) is 19.2 Å². The summed E-state index contributed by atoms with van der Waals surface area (Å²) in [5.41, 5.74) is -0.237. The van der Waals surface area contributed by atoms with Crippen LogP contribution in [0.5, 0.6) is 17.2 Å². The van der Waals surface area contributed by atoms with E-state index in [1.165, 1.54) is 26.3 Å². The van der Waals surface area contributed by atoms with Crippen LogP contribution in [0, 0.1) is 21.4 Å². The quantitative estimate of drug-likeness (QED) is 0.454. The average molecular weight is 341 g/mol. The predicted octanol–water partition coefficient (Wildman–Crippen LogP) is 2.99. The normalized spacial score (nSPS) is 9.80. The zero-order valence-corrected chi connectivity index (χ0v) is 13.6. The van der Waals surface area contributed by atoms with E-state index in [1.54, 1.807) is 24.3 Å². The number of benzene rings is 2. The molecule has 0 unspecified atom stereocenters. The Morgan fingerprint density at radius 1 is 1.24 bits per heavy atom. The van der Waals surface area contributed by atoms with Gasteiger partial charge in [-0.05, 0) is 30.3 Å². The molecule has 0 saturated heterocycles. The van der Waals surface area contributed by atoms with Gasteiger partial charge >= 0.3 is 0 Å². The van der Waals surface area contributed by atoms with Gasteiger partial charge in [-0.3, -0.25) is 14.9 Å². The largest absolute Gasteiger partial charge is 0.497 e. The third-order valence-corrected chi connectivity index (χ3v) is 3.35. The molecule has 1 amide bonds. The van der Waals surface area contributed by atoms with E-state index in [4.69, 9.17) is 14.7 Å². The fourth-order valence-corrected chi connectivity index (χ4v) is 2.04. The van der Waals surface area contributed by atoms with Gasteiger partial charge in [0.2, 0.25) is 0 Å². The Labute approximate surface area is 144 Å². The van der Waals surface area contributed by atoms with Gasteiger partial charge in [0.25, 0.3) is 11.6 Å². The third kappa shape index (κ3) is 4.23. The van der Waals surface area contributed by atoms with Gasteiger partial charge in [0.05, 0.1) is 23.7 Å². The van der Waals surface area contributed by atoms with Crippen LogP contribution in [0.1, 0.15) is 10.4 Å². The van der Waals surface area contributed by atoms with E-state index in [1.807, 2.05) is 6.07 Å². The van der Waals surface area contributed by atoms with Crippen LogP contribution in [-0.4, -0.2) is 36.4 Å². The number of nitriles is 1. The summed E-state index contributed by atoms with van der Waals surface area (Å²) < 4.78 is 10.7. The molecule has 2 aromatic rings. The second kappa shape index (κ2) is 7.79. The molecule has 0 atom stereocenters. The maximum atomic E-state index is 12.5. The Hall–Kier alpha value is -3.60. The predicted molar refractivity (Wildman–Crippen MR) is 88.7 cm³/mol. The maximum absolute atomic E-state index is 12.5. The lowest BCUT2D eigenvalue weighted by atomic mass is 10.1. The van der Waals surface area contributed by atoms with Crippen molar-refractivity contribution in [3.63, 3.8) is 0 Å². The molecule has 0 N–H and O–H groups in total. The molecule has 0 heterocycles. The molecule has 0 aromatic heterocycles. The number of rotatable bonds is 6. The lowest BCUT2D eigenvalue weighted by molar-refractivity contribution is -0.384. The standard InChI is InChI=1S/C17H15N3O5/c1-19(10-9-18)17(21)15-11-12(20(22)23)3-8-16(15)25-14-6-4-13(24-2)5-7-14/h3-8,11H,10H2,1-2H3. The van der Waals surface area contributed by atoms with Crippen LogP contribution < -0.4 is 9.47 Å². The Morgan fingerprint density at radius 2 is 1.88 bits per heavy atom. The van der Waals surface area contributed by atoms with E-state index in [9.17, 15) is 14.9 Å². The van der Waals surface area contributed by atoms with Crippen LogP contribution in [0.3, 0.4) is 0 Å². The Morgan fingerprint density at radius 3 is 2.44 bits per heavy atom. The number of hydrogen-bond donors (Lipinski definition) is 0. The Kier molecular flexibility index (Phi) is 5.53. The minimum Gasteiger partial charge on any atom is -0.497 e. The summed E-state index contributed by atoms with van der Waals surface area (Å²) in [5, 5.41) is 19.7. The number of nitro benzene ring substituents is 1. The lowest BCUT2D eigenvalue weighted by Gasteiger charge is -2.16. The summed E-state index contributed by atoms with van der Waals surface area (Å²) in [4.78, 5) is 24.0. The van der Waals surface area contributed by atoms with Crippen molar-refractivity contribution in [2.75, 3.05) is 20.7 Å². The van der Waals surface area contributed by atoms with Crippen molar-refractivity contribution in [3.8, 4) is 23.3 Å². The Balaban J connectivity index is 2.39. The van der Waals surface area contributed by atoms with Gasteiger partial charge < -0.3 is 14.4 Å². The smallest absolute Gasteiger partial charge is 0.270 e. The summed E-state index contributed by atoms with van der Waals surface area (Å²) in [7, 11) is 2.97. The number of non-ortho nitro benzene ring substituents is 1. The number of carbonyl (C=O) groups is 1. The van der Waals surface area contributed by atoms with Crippen molar-refractivity contribution in [2.24, 2.45) is 0 Å². The van der Waals surface area contributed by atoms with Crippen LogP contribution >= 0.6 is 0 Å². The molecule has 0 saturated carbocycles. The second-order valence-corrected chi connectivity index (χ2v) is 5.03. The zero-order chi connectivity index (χ0) is 18.4. The number of nitrogens with zero attached hydrogens (tertiary/aromatic N) is 3. The SMILES string of the molecule is COc1ccc(Oc2ccc([N+](=O)[O-])cc2C(=O)N(C)CC#N)cc1. The van der Waals surface area contributed by atoms with E-state index in [-0.39, 0.29) is 23.5 Å². The summed E-state index contributed by atoms with van der Waals surface area (Å²) in [6, 6.07) is 12.3. The first kappa shape index (κ1) is 17.7. The molecule has 0 aliphatic rings. The molecule has 2 rings (SSSR count). The summed E-state index contributed by atoms with van der Waals surface area (Å²) in [6.07, 6.45) is 0. The highest BCUT2D eigenvalue weighted by molar-refractivity contribution is 5.97. The molecule has 2 aromatic carbocycles. The molecule has 0 fully saturated rings. The van der Waals surface area contributed by atoms with Crippen LogP contribution in [0.15, 0.2) is 42.5 Å². The monoisotopic (exact) mass is 341 g/mol. The topological polar surface area (TPSA) is 106 Å². The average Bonchev–Trinajstić information content (AvgIpc) is 2.62. The van der Waals surface area contributed by atoms with Crippen LogP contribution in [0.2, 0.25) is 0 Å². The van der Waals surface area contributed by atoms with Crippen molar-refractivity contribution < 1.29 is 19.2 Å². The van der Waals surface area contributed by atoms with Crippen LogP contribution in [0.4, 0.5) is 5.69 Å². The molecular formula is C17H15N3O5. The van der Waals surface area contributed by atoms with Crippen LogP contribution in [0.25, 0.3) is 0 Å². The molecule has 8 heteroatoms. The van der Waals surface area contributed by atoms with Gasteiger partial charge in [-0.15, -0.1) is 0 Å². The van der Waals surface area contributed by atoms with Crippen molar-refractivity contribution in [1.82, 2.24) is 4.90 Å². The van der Waals surface area contributed by atoms with E-state index >= 15 is 0 Å². The minimum atomic E-state index is -0.599. The summed E-state index contributed by atoms with van der Waals surface area (Å²) in [6.45, 7) is -0.149. The molecule has 8 nitrogen and oxygen atoms in total. The molecule has 0 bridgehead atoms. The van der Waals surface area contributed by atoms with E-state index in [0.717, 1.165) is 11.0 Å². The molecule has 0 spiro atoms. The van der Waals surface area contributed by atoms with E-state index < -0.39 is 10.8 Å². The molecule has 128 valence electrons. The van der Waals surface area contributed by atoms with E-state index in [2.05, 4.69) is 0 Å². The van der Waals surface area contributed by atoms with Gasteiger partial charge in [0.1, 0.15) is 23.8 Å². The van der Waals surface area contributed by atoms with Crippen molar-refractivity contribution >= 4 is 11.6 Å². The zero-order valence-electron chi connectivity index (χ0n) is 13.6. The number of ether oxygens (including phenoxy) is 2. The number of hydrogen-bond acceptors (Lipinski definition) is 6. The number of methoxy groups -OCH3 is 1. The fourth-order valence-electron chi connectivity index (χ4n) is 2.04. The van der Waals surface area contributed by atoms with Crippen molar-refractivity contribution in [3.05, 3.63) is 58.1 Å². The molecular weight excluding hydrogens is 326 g/mol. The Bertz CT molecular complexity index is 827. The fraction of sp³-hybridized carbons (Fsp3) is 0.176. The highest BCUT2D eigenvalue weighted by atomic mass is 16.6. The number of carbonyl (C=O) groups excluding carboxylic acids is 1. The van der Waals surface area contributed by atoms with Crippen LogP contribution in [-0.2, 0) is 0 Å². The summed E-state index contributed by atoms with van der Waals surface area (Å²) >= 11 is 0. The number of amides is 1. The second-order valence-electron chi connectivity index (χ2n) is 5.03. The van der Waals surface area contributed by atoms with Crippen molar-refractivity contribution in [1.29, 1.82) is 5.26 Å². The highest BCUT2D eigenvalue weighted by Gasteiger charge is 2.21. The van der Waals surface area contributed by atoms with Gasteiger partial charge in [-0.2, -0.15) is 5.26 Å². The first-order chi connectivity index (χ1) is 12.0. The molecule has 0 aliphatic carbocycles. The first-order valence-electron chi connectivity index (χ1n) is 7.19. The molecule has 0 radical (unpaired) electrons. The van der Waals surface area contributed by atoms with Gasteiger partial charge in [-0.1, -0.05) is 0 Å². The summed E-state index contributed by atoms with van der Waals surface area (Å²) in [5.74, 6) is 0.687.